The molecular formula is C19H18BrN3O2S. The number of halogens is 1. The van der Waals surface area contributed by atoms with Gasteiger partial charge in [0.1, 0.15) is 5.52 Å². The van der Waals surface area contributed by atoms with Gasteiger partial charge in [0.15, 0.2) is 0 Å². The quantitative estimate of drug-likeness (QED) is 0.389. The van der Waals surface area contributed by atoms with E-state index in [1.54, 1.807) is 17.5 Å². The van der Waals surface area contributed by atoms with Gasteiger partial charge in [-0.1, -0.05) is 30.3 Å². The number of fused-ring (bicyclic) bond motifs is 3. The highest BCUT2D eigenvalue weighted by molar-refractivity contribution is 9.11. The van der Waals surface area contributed by atoms with Gasteiger partial charge in [0, 0.05) is 13.5 Å². The molecule has 0 amide bonds. The monoisotopic (exact) mass is 431 g/mol. The van der Waals surface area contributed by atoms with Crippen molar-refractivity contribution in [3.63, 3.8) is 0 Å². The largest absolute Gasteiger partial charge is 0.465 e. The standard InChI is InChI=1S/C19H18BrN3O2S/c1-23-17-15(11-21-14-10-16(20)26-18(14)17)22-19(23)25-9-5-8-24-12-13-6-3-2-4-7-13/h2-4,6-7,10-11H,5,8-9,12H2,1H3. The molecular weight excluding hydrogens is 414 g/mol. The molecule has 5 nitrogen and oxygen atoms in total. The molecule has 0 saturated carbocycles. The van der Waals surface area contributed by atoms with Gasteiger partial charge in [0.2, 0.25) is 0 Å². The van der Waals surface area contributed by atoms with E-state index >= 15 is 0 Å². The second kappa shape index (κ2) is 7.73. The maximum absolute atomic E-state index is 5.87. The lowest BCUT2D eigenvalue weighted by molar-refractivity contribution is 0.105. The molecule has 0 aliphatic carbocycles. The highest BCUT2D eigenvalue weighted by Gasteiger charge is 2.14. The summed E-state index contributed by atoms with van der Waals surface area (Å²) >= 11 is 5.19. The molecule has 1 aromatic carbocycles. The van der Waals surface area contributed by atoms with Crippen LogP contribution in [0.3, 0.4) is 0 Å². The van der Waals surface area contributed by atoms with Crippen LogP contribution in [0, 0.1) is 0 Å². The van der Waals surface area contributed by atoms with Gasteiger partial charge < -0.3 is 9.47 Å². The van der Waals surface area contributed by atoms with Crippen molar-refractivity contribution in [3.8, 4) is 6.01 Å². The second-order valence-electron chi connectivity index (χ2n) is 5.95. The van der Waals surface area contributed by atoms with Crippen LogP contribution in [0.5, 0.6) is 6.01 Å². The highest BCUT2D eigenvalue weighted by atomic mass is 79.9. The summed E-state index contributed by atoms with van der Waals surface area (Å²) in [4.78, 5) is 9.03. The first-order valence-electron chi connectivity index (χ1n) is 8.37. The Labute approximate surface area is 163 Å². The summed E-state index contributed by atoms with van der Waals surface area (Å²) in [6.45, 7) is 1.85. The fourth-order valence-electron chi connectivity index (χ4n) is 2.82. The van der Waals surface area contributed by atoms with Crippen molar-refractivity contribution in [3.05, 3.63) is 51.9 Å². The molecule has 0 N–H and O–H groups in total. The molecule has 3 aromatic heterocycles. The van der Waals surface area contributed by atoms with E-state index in [-0.39, 0.29) is 0 Å². The third-order valence-electron chi connectivity index (χ3n) is 4.08. The Hall–Kier alpha value is -1.96. The van der Waals surface area contributed by atoms with Gasteiger partial charge in [-0.15, -0.1) is 11.3 Å². The number of rotatable bonds is 7. The predicted octanol–water partition coefficient (Wildman–Crippen LogP) is 4.93. The number of pyridine rings is 1. The number of ether oxygens (including phenoxy) is 2. The Morgan fingerprint density at radius 3 is 2.85 bits per heavy atom. The molecule has 26 heavy (non-hydrogen) atoms. The lowest BCUT2D eigenvalue weighted by Gasteiger charge is -2.07. The first-order valence-corrected chi connectivity index (χ1v) is 9.98. The lowest BCUT2D eigenvalue weighted by atomic mass is 10.2. The molecule has 0 atom stereocenters. The van der Waals surface area contributed by atoms with Crippen molar-refractivity contribution in [2.45, 2.75) is 13.0 Å². The summed E-state index contributed by atoms with van der Waals surface area (Å²) in [5.41, 5.74) is 4.06. The van der Waals surface area contributed by atoms with Gasteiger partial charge >= 0.3 is 0 Å². The lowest BCUT2D eigenvalue weighted by Crippen LogP contribution is -2.06. The van der Waals surface area contributed by atoms with Crippen LogP contribution in [0.1, 0.15) is 12.0 Å². The van der Waals surface area contributed by atoms with Crippen LogP contribution in [-0.2, 0) is 18.4 Å². The molecule has 0 aliphatic heterocycles. The number of aryl methyl sites for hydroxylation is 1. The van der Waals surface area contributed by atoms with Crippen molar-refractivity contribution in [1.82, 2.24) is 14.5 Å². The zero-order valence-corrected chi connectivity index (χ0v) is 16.7. The van der Waals surface area contributed by atoms with Crippen molar-refractivity contribution >= 4 is 48.5 Å². The topological polar surface area (TPSA) is 49.2 Å². The van der Waals surface area contributed by atoms with Crippen molar-refractivity contribution in [1.29, 1.82) is 0 Å². The average molecular weight is 432 g/mol. The van der Waals surface area contributed by atoms with E-state index in [1.807, 2.05) is 35.9 Å². The summed E-state index contributed by atoms with van der Waals surface area (Å²) in [6.07, 6.45) is 2.61. The zero-order valence-electron chi connectivity index (χ0n) is 14.3. The summed E-state index contributed by atoms with van der Waals surface area (Å²) in [7, 11) is 1.98. The molecule has 0 bridgehead atoms. The van der Waals surface area contributed by atoms with E-state index < -0.39 is 0 Å². The Kier molecular flexibility index (Phi) is 5.19. The van der Waals surface area contributed by atoms with Gasteiger partial charge in [0.25, 0.3) is 6.01 Å². The molecule has 0 aliphatic rings. The third kappa shape index (κ3) is 3.60. The van der Waals surface area contributed by atoms with Gasteiger partial charge in [-0.2, -0.15) is 4.98 Å². The van der Waals surface area contributed by atoms with Gasteiger partial charge in [-0.3, -0.25) is 9.55 Å². The molecule has 0 saturated heterocycles. The molecule has 3 heterocycles. The minimum Gasteiger partial charge on any atom is -0.465 e. The van der Waals surface area contributed by atoms with E-state index in [0.29, 0.717) is 25.8 Å². The van der Waals surface area contributed by atoms with E-state index in [4.69, 9.17) is 9.47 Å². The minimum absolute atomic E-state index is 0.566. The second-order valence-corrected chi connectivity index (χ2v) is 8.38. The molecule has 7 heteroatoms. The maximum Gasteiger partial charge on any atom is 0.297 e. The van der Waals surface area contributed by atoms with Crippen molar-refractivity contribution in [2.24, 2.45) is 7.05 Å². The fraction of sp³-hybridized carbons (Fsp3) is 0.263. The van der Waals surface area contributed by atoms with Crippen LogP contribution in [0.4, 0.5) is 0 Å². The number of thiophene rings is 1. The molecule has 0 radical (unpaired) electrons. The van der Waals surface area contributed by atoms with Crippen LogP contribution in [-0.4, -0.2) is 27.7 Å². The zero-order chi connectivity index (χ0) is 17.9. The number of hydrogen-bond acceptors (Lipinski definition) is 5. The Bertz CT molecular complexity index is 1030. The summed E-state index contributed by atoms with van der Waals surface area (Å²) < 4.78 is 15.7. The first kappa shape index (κ1) is 17.5. The summed E-state index contributed by atoms with van der Waals surface area (Å²) in [6, 6.07) is 12.8. The number of imidazole rings is 1. The maximum atomic E-state index is 5.87. The van der Waals surface area contributed by atoms with Gasteiger partial charge in [-0.25, -0.2) is 0 Å². The van der Waals surface area contributed by atoms with E-state index in [0.717, 1.165) is 31.5 Å². The first-order chi connectivity index (χ1) is 12.7. The normalized spacial score (nSPS) is 11.5. The number of benzene rings is 1. The van der Waals surface area contributed by atoms with Crippen LogP contribution in [0.15, 0.2) is 46.4 Å². The Morgan fingerprint density at radius 2 is 2.00 bits per heavy atom. The summed E-state index contributed by atoms with van der Waals surface area (Å²) in [5, 5.41) is 0. The molecule has 0 unspecified atom stereocenters. The number of aromatic nitrogens is 3. The minimum atomic E-state index is 0.566. The average Bonchev–Trinajstić information content (AvgIpc) is 3.18. The van der Waals surface area contributed by atoms with E-state index in [9.17, 15) is 0 Å². The summed E-state index contributed by atoms with van der Waals surface area (Å²) in [5.74, 6) is 0. The third-order valence-corrected chi connectivity index (χ3v) is 5.71. The van der Waals surface area contributed by atoms with Gasteiger partial charge in [0.05, 0.1) is 45.5 Å². The molecule has 4 aromatic rings. The molecule has 0 spiro atoms. The van der Waals surface area contributed by atoms with Crippen LogP contribution >= 0.6 is 27.3 Å². The van der Waals surface area contributed by atoms with Gasteiger partial charge in [-0.05, 0) is 27.6 Å². The van der Waals surface area contributed by atoms with Crippen LogP contribution in [0.2, 0.25) is 0 Å². The molecule has 0 fully saturated rings. The van der Waals surface area contributed by atoms with Crippen molar-refractivity contribution < 1.29 is 9.47 Å². The predicted molar refractivity (Wildman–Crippen MR) is 108 cm³/mol. The number of nitrogens with zero attached hydrogens (tertiary/aromatic N) is 3. The molecule has 4 rings (SSSR count). The van der Waals surface area contributed by atoms with E-state index in [2.05, 4.69) is 38.0 Å². The van der Waals surface area contributed by atoms with Crippen LogP contribution < -0.4 is 4.74 Å². The highest BCUT2D eigenvalue weighted by Crippen LogP contribution is 2.35. The Balaban J connectivity index is 1.35. The number of hydrogen-bond donors (Lipinski definition) is 0. The Morgan fingerprint density at radius 1 is 1.15 bits per heavy atom. The SMILES string of the molecule is Cn1c(OCCCOCc2ccccc2)nc2cnc3cc(Br)sc3c21. The molecule has 134 valence electrons. The van der Waals surface area contributed by atoms with E-state index in [1.165, 1.54) is 5.56 Å². The smallest absolute Gasteiger partial charge is 0.297 e. The fourth-order valence-corrected chi connectivity index (χ4v) is 4.45. The van der Waals surface area contributed by atoms with Crippen molar-refractivity contribution in [2.75, 3.05) is 13.2 Å². The van der Waals surface area contributed by atoms with Crippen LogP contribution in [0.25, 0.3) is 21.3 Å².